The minimum Gasteiger partial charge on any atom is -0.409 e. The van der Waals surface area contributed by atoms with Crippen molar-refractivity contribution in [3.8, 4) is 0 Å². The zero-order chi connectivity index (χ0) is 11.0. The van der Waals surface area contributed by atoms with Gasteiger partial charge in [0.1, 0.15) is 0 Å². The van der Waals surface area contributed by atoms with Crippen molar-refractivity contribution in [2.24, 2.45) is 10.9 Å². The molecule has 0 aromatic carbocycles. The number of aliphatic hydroxyl groups is 1. The van der Waals surface area contributed by atoms with Gasteiger partial charge in [0.25, 0.3) is 0 Å². The molecule has 0 aliphatic carbocycles. The number of amidine groups is 1. The third-order valence-corrected chi connectivity index (χ3v) is 2.10. The van der Waals surface area contributed by atoms with Crippen LogP contribution in [-0.2, 0) is 0 Å². The molecular weight excluding hydrogens is 182 g/mol. The lowest BCUT2D eigenvalue weighted by molar-refractivity contribution is 0.158. The normalized spacial score (nSPS) is 16.6. The van der Waals surface area contributed by atoms with E-state index in [-0.39, 0.29) is 18.0 Å². The molecule has 0 amide bonds. The van der Waals surface area contributed by atoms with E-state index in [2.05, 4.69) is 10.5 Å². The van der Waals surface area contributed by atoms with Gasteiger partial charge in [-0.15, -0.1) is 0 Å². The quantitative estimate of drug-likeness (QED) is 0.207. The summed E-state index contributed by atoms with van der Waals surface area (Å²) < 4.78 is 0. The summed E-state index contributed by atoms with van der Waals surface area (Å²) in [5, 5.41) is 23.9. The molecule has 84 valence electrons. The van der Waals surface area contributed by atoms with Gasteiger partial charge in [-0.2, -0.15) is 0 Å². The summed E-state index contributed by atoms with van der Waals surface area (Å²) in [6.07, 6.45) is 2.08. The summed E-state index contributed by atoms with van der Waals surface area (Å²) in [5.74, 6) is 0.163. The maximum atomic E-state index is 9.44. The van der Waals surface area contributed by atoms with Crippen LogP contribution < -0.4 is 11.1 Å². The summed E-state index contributed by atoms with van der Waals surface area (Å²) in [4.78, 5) is 0. The maximum absolute atomic E-state index is 9.44. The van der Waals surface area contributed by atoms with Crippen LogP contribution in [0.15, 0.2) is 5.16 Å². The largest absolute Gasteiger partial charge is 0.409 e. The van der Waals surface area contributed by atoms with E-state index < -0.39 is 0 Å². The van der Waals surface area contributed by atoms with E-state index in [0.717, 1.165) is 19.3 Å². The molecule has 0 aliphatic heterocycles. The minimum absolute atomic E-state index is 0.161. The molecule has 0 heterocycles. The van der Waals surface area contributed by atoms with Crippen LogP contribution in [0.4, 0.5) is 0 Å². The van der Waals surface area contributed by atoms with Gasteiger partial charge in [-0.3, -0.25) is 0 Å². The zero-order valence-corrected chi connectivity index (χ0v) is 8.90. The minimum atomic E-state index is -0.361. The summed E-state index contributed by atoms with van der Waals surface area (Å²) >= 11 is 0. The van der Waals surface area contributed by atoms with E-state index in [1.54, 1.807) is 0 Å². The molecule has 0 fully saturated rings. The second kappa shape index (κ2) is 7.58. The molecule has 0 radical (unpaired) electrons. The summed E-state index contributed by atoms with van der Waals surface area (Å²) in [6, 6.07) is -0.161. The highest BCUT2D eigenvalue weighted by atomic mass is 16.4. The van der Waals surface area contributed by atoms with Crippen LogP contribution >= 0.6 is 0 Å². The Morgan fingerprint density at radius 1 is 1.50 bits per heavy atom. The monoisotopic (exact) mass is 203 g/mol. The Kier molecular flexibility index (Phi) is 7.14. The number of hydrogen-bond donors (Lipinski definition) is 4. The fraction of sp³-hybridized carbons (Fsp3) is 0.889. The molecule has 2 unspecified atom stereocenters. The Labute approximate surface area is 85.0 Å². The molecule has 0 bridgehead atoms. The molecule has 2 atom stereocenters. The lowest BCUT2D eigenvalue weighted by atomic mass is 10.1. The highest BCUT2D eigenvalue weighted by Crippen LogP contribution is 1.96. The van der Waals surface area contributed by atoms with Crippen molar-refractivity contribution in [3.05, 3.63) is 0 Å². The number of nitrogens with one attached hydrogen (secondary N) is 1. The van der Waals surface area contributed by atoms with Gasteiger partial charge in [0.2, 0.25) is 0 Å². The highest BCUT2D eigenvalue weighted by Gasteiger charge is 2.12. The van der Waals surface area contributed by atoms with E-state index in [1.807, 2.05) is 13.8 Å². The van der Waals surface area contributed by atoms with Gasteiger partial charge in [-0.05, 0) is 12.8 Å². The number of oxime groups is 1. The molecular formula is C9H21N3O2. The molecule has 0 aromatic rings. The van der Waals surface area contributed by atoms with Crippen LogP contribution in [0.5, 0.6) is 0 Å². The number of aliphatic hydroxyl groups excluding tert-OH is 1. The number of nitrogens with two attached hydrogens (primary N) is 1. The van der Waals surface area contributed by atoms with Crippen LogP contribution in [0.25, 0.3) is 0 Å². The standard InChI is InChI=1S/C9H21N3O2/c1-3-5-7(13)6-11-8(4-2)9(10)12-14/h7-8,11,13-14H,3-6H2,1-2H3,(H2,10,12). The lowest BCUT2D eigenvalue weighted by Gasteiger charge is -2.17. The van der Waals surface area contributed by atoms with Crippen molar-refractivity contribution in [1.82, 2.24) is 5.32 Å². The molecule has 0 aliphatic rings. The van der Waals surface area contributed by atoms with Crippen molar-refractivity contribution in [2.45, 2.75) is 45.3 Å². The Bertz CT molecular complexity index is 173. The average Bonchev–Trinajstić information content (AvgIpc) is 2.18. The second-order valence-corrected chi connectivity index (χ2v) is 3.34. The van der Waals surface area contributed by atoms with Crippen LogP contribution in [0.2, 0.25) is 0 Å². The van der Waals surface area contributed by atoms with Crippen molar-refractivity contribution in [3.63, 3.8) is 0 Å². The Morgan fingerprint density at radius 2 is 2.14 bits per heavy atom. The van der Waals surface area contributed by atoms with Crippen molar-refractivity contribution in [2.75, 3.05) is 6.54 Å². The summed E-state index contributed by atoms with van der Waals surface area (Å²) in [6.45, 7) is 4.43. The molecule has 14 heavy (non-hydrogen) atoms. The van der Waals surface area contributed by atoms with E-state index in [9.17, 15) is 5.11 Å². The van der Waals surface area contributed by atoms with E-state index in [0.29, 0.717) is 6.54 Å². The first-order valence-electron chi connectivity index (χ1n) is 5.04. The number of rotatable bonds is 7. The molecule has 0 aromatic heterocycles. The molecule has 5 N–H and O–H groups in total. The fourth-order valence-electron chi connectivity index (χ4n) is 1.24. The molecule has 5 nitrogen and oxygen atoms in total. The SMILES string of the molecule is CCCC(O)CNC(CC)C(N)=NO. The van der Waals surface area contributed by atoms with E-state index in [4.69, 9.17) is 10.9 Å². The van der Waals surface area contributed by atoms with E-state index >= 15 is 0 Å². The first-order valence-corrected chi connectivity index (χ1v) is 5.04. The van der Waals surface area contributed by atoms with Crippen LogP contribution in [0, 0.1) is 0 Å². The number of nitrogens with zero attached hydrogens (tertiary/aromatic N) is 1. The van der Waals surface area contributed by atoms with Crippen molar-refractivity contribution in [1.29, 1.82) is 0 Å². The first kappa shape index (κ1) is 13.2. The predicted molar refractivity (Wildman–Crippen MR) is 56.4 cm³/mol. The van der Waals surface area contributed by atoms with E-state index in [1.165, 1.54) is 0 Å². The smallest absolute Gasteiger partial charge is 0.156 e. The van der Waals surface area contributed by atoms with Gasteiger partial charge in [0.15, 0.2) is 5.84 Å². The molecule has 5 heteroatoms. The summed E-state index contributed by atoms with van der Waals surface area (Å²) in [5.41, 5.74) is 5.44. The highest BCUT2D eigenvalue weighted by molar-refractivity contribution is 5.85. The Morgan fingerprint density at radius 3 is 2.57 bits per heavy atom. The topological polar surface area (TPSA) is 90.9 Å². The fourth-order valence-corrected chi connectivity index (χ4v) is 1.24. The van der Waals surface area contributed by atoms with Gasteiger partial charge in [0.05, 0.1) is 12.1 Å². The zero-order valence-electron chi connectivity index (χ0n) is 8.90. The molecule has 0 saturated heterocycles. The van der Waals surface area contributed by atoms with Crippen LogP contribution in [0.3, 0.4) is 0 Å². The first-order chi connectivity index (χ1) is 6.65. The van der Waals surface area contributed by atoms with Gasteiger partial charge in [-0.1, -0.05) is 25.4 Å². The molecule has 0 saturated carbocycles. The van der Waals surface area contributed by atoms with Gasteiger partial charge < -0.3 is 21.4 Å². The predicted octanol–water partition coefficient (Wildman–Crippen LogP) is 0.262. The third kappa shape index (κ3) is 5.04. The van der Waals surface area contributed by atoms with Gasteiger partial charge in [-0.25, -0.2) is 0 Å². The second-order valence-electron chi connectivity index (χ2n) is 3.34. The van der Waals surface area contributed by atoms with Gasteiger partial charge in [0, 0.05) is 6.54 Å². The van der Waals surface area contributed by atoms with Crippen molar-refractivity contribution >= 4 is 5.84 Å². The molecule has 0 rings (SSSR count). The van der Waals surface area contributed by atoms with Gasteiger partial charge >= 0.3 is 0 Å². The Hall–Kier alpha value is -0.810. The molecule has 0 spiro atoms. The summed E-state index contributed by atoms with van der Waals surface area (Å²) in [7, 11) is 0. The Balaban J connectivity index is 3.84. The lowest BCUT2D eigenvalue weighted by Crippen LogP contribution is -2.44. The van der Waals surface area contributed by atoms with Crippen molar-refractivity contribution < 1.29 is 10.3 Å². The van der Waals surface area contributed by atoms with Crippen LogP contribution in [-0.4, -0.2) is 34.8 Å². The van der Waals surface area contributed by atoms with Crippen LogP contribution in [0.1, 0.15) is 33.1 Å². The third-order valence-electron chi connectivity index (χ3n) is 2.10. The number of hydrogen-bond acceptors (Lipinski definition) is 4. The average molecular weight is 203 g/mol. The maximum Gasteiger partial charge on any atom is 0.156 e.